The molecule has 6 heteroatoms. The number of hydrogen-bond acceptors (Lipinski definition) is 5. The monoisotopic (exact) mass is 344 g/mol. The van der Waals surface area contributed by atoms with E-state index in [9.17, 15) is 9.18 Å². The maximum absolute atomic E-state index is 13.1. The number of anilines is 1. The zero-order chi connectivity index (χ0) is 16.9. The molecule has 1 heterocycles. The van der Waals surface area contributed by atoms with Crippen molar-refractivity contribution < 1.29 is 13.9 Å². The van der Waals surface area contributed by atoms with Gasteiger partial charge in [-0.3, -0.25) is 0 Å². The highest BCUT2D eigenvalue weighted by Gasteiger charge is 2.21. The van der Waals surface area contributed by atoms with Crippen LogP contribution in [-0.4, -0.2) is 23.6 Å². The van der Waals surface area contributed by atoms with Crippen molar-refractivity contribution >= 4 is 32.7 Å². The van der Waals surface area contributed by atoms with E-state index >= 15 is 0 Å². The molecular formula is C18H17FN2O2S. The Balaban J connectivity index is 1.81. The van der Waals surface area contributed by atoms with Crippen LogP contribution in [0.2, 0.25) is 0 Å². The van der Waals surface area contributed by atoms with Gasteiger partial charge in [-0.25, -0.2) is 14.2 Å². The van der Waals surface area contributed by atoms with Gasteiger partial charge in [0.05, 0.1) is 16.8 Å². The van der Waals surface area contributed by atoms with Crippen molar-refractivity contribution in [1.82, 2.24) is 4.98 Å². The predicted molar refractivity (Wildman–Crippen MR) is 93.8 cm³/mol. The second-order valence-electron chi connectivity index (χ2n) is 5.27. The molecule has 24 heavy (non-hydrogen) atoms. The number of carbonyl (C=O) groups excluding carboxylic acids is 1. The van der Waals surface area contributed by atoms with Gasteiger partial charge in [0.1, 0.15) is 11.9 Å². The summed E-state index contributed by atoms with van der Waals surface area (Å²) in [6.07, 6.45) is 0.398. The Hall–Kier alpha value is -2.47. The van der Waals surface area contributed by atoms with E-state index < -0.39 is 6.04 Å². The number of nitrogens with zero attached hydrogens (tertiary/aromatic N) is 1. The Labute approximate surface area is 143 Å². The number of nitrogens with one attached hydrogen (secondary N) is 1. The molecule has 4 nitrogen and oxygen atoms in total. The molecule has 3 rings (SSSR count). The van der Waals surface area contributed by atoms with Crippen LogP contribution >= 0.6 is 11.3 Å². The van der Waals surface area contributed by atoms with Gasteiger partial charge in [0.25, 0.3) is 0 Å². The highest BCUT2D eigenvalue weighted by atomic mass is 32.1. The second kappa shape index (κ2) is 7.40. The van der Waals surface area contributed by atoms with E-state index in [-0.39, 0.29) is 11.8 Å². The molecule has 0 bridgehead atoms. The van der Waals surface area contributed by atoms with Gasteiger partial charge in [0.15, 0.2) is 5.13 Å². The van der Waals surface area contributed by atoms with Crippen LogP contribution in [0, 0.1) is 5.82 Å². The molecule has 0 radical (unpaired) electrons. The van der Waals surface area contributed by atoms with Crippen molar-refractivity contribution in [3.05, 3.63) is 59.9 Å². The Bertz CT molecular complexity index is 799. The number of ether oxygens (including phenoxy) is 1. The molecule has 0 saturated carbocycles. The lowest BCUT2D eigenvalue weighted by molar-refractivity contribution is -0.144. The minimum Gasteiger partial charge on any atom is -0.464 e. The molecule has 124 valence electrons. The number of benzene rings is 2. The first-order valence-electron chi connectivity index (χ1n) is 7.69. The zero-order valence-corrected chi connectivity index (χ0v) is 14.0. The number of carbonyl (C=O) groups is 1. The molecule has 0 saturated heterocycles. The summed E-state index contributed by atoms with van der Waals surface area (Å²) >= 11 is 1.48. The predicted octanol–water partition coefficient (Wildman–Crippen LogP) is 4.02. The number of aromatic nitrogens is 1. The first-order chi connectivity index (χ1) is 11.7. The van der Waals surface area contributed by atoms with Gasteiger partial charge in [-0.2, -0.15) is 0 Å². The van der Waals surface area contributed by atoms with E-state index in [1.54, 1.807) is 19.1 Å². The molecular weight excluding hydrogens is 327 g/mol. The third-order valence-corrected chi connectivity index (χ3v) is 4.48. The third-order valence-electron chi connectivity index (χ3n) is 3.52. The lowest BCUT2D eigenvalue weighted by atomic mass is 10.1. The van der Waals surface area contributed by atoms with Crippen molar-refractivity contribution in [3.63, 3.8) is 0 Å². The van der Waals surface area contributed by atoms with Crippen molar-refractivity contribution in [3.8, 4) is 0 Å². The zero-order valence-electron chi connectivity index (χ0n) is 13.2. The Morgan fingerprint density at radius 1 is 1.25 bits per heavy atom. The first-order valence-corrected chi connectivity index (χ1v) is 8.50. The van der Waals surface area contributed by atoms with Crippen molar-refractivity contribution in [1.29, 1.82) is 0 Å². The molecule has 0 aliphatic rings. The average Bonchev–Trinajstić information content (AvgIpc) is 2.99. The number of rotatable bonds is 6. The maximum Gasteiger partial charge on any atom is 0.328 e. The number of halogens is 1. The van der Waals surface area contributed by atoms with Crippen LogP contribution in [0.5, 0.6) is 0 Å². The molecule has 0 aliphatic carbocycles. The lowest BCUT2D eigenvalue weighted by Gasteiger charge is -2.16. The number of para-hydroxylation sites is 1. The SMILES string of the molecule is CCOC(=O)[C@H](Cc1ccc(F)cc1)Nc1nc2ccccc2s1. The van der Waals surface area contributed by atoms with E-state index in [4.69, 9.17) is 4.74 Å². The van der Waals surface area contributed by atoms with Crippen LogP contribution in [0.3, 0.4) is 0 Å². The largest absolute Gasteiger partial charge is 0.464 e. The van der Waals surface area contributed by atoms with Gasteiger partial charge in [0, 0.05) is 6.42 Å². The Morgan fingerprint density at radius 3 is 2.71 bits per heavy atom. The molecule has 0 spiro atoms. The van der Waals surface area contributed by atoms with Crippen LogP contribution in [0.4, 0.5) is 9.52 Å². The van der Waals surface area contributed by atoms with E-state index in [0.29, 0.717) is 18.2 Å². The van der Waals surface area contributed by atoms with Crippen molar-refractivity contribution in [2.24, 2.45) is 0 Å². The fourth-order valence-corrected chi connectivity index (χ4v) is 3.29. The number of fused-ring (bicyclic) bond motifs is 1. The molecule has 1 aromatic heterocycles. The topological polar surface area (TPSA) is 51.2 Å². The number of hydrogen-bond donors (Lipinski definition) is 1. The third kappa shape index (κ3) is 3.89. The van der Waals surface area contributed by atoms with Crippen molar-refractivity contribution in [2.75, 3.05) is 11.9 Å². The number of esters is 1. The average molecular weight is 344 g/mol. The smallest absolute Gasteiger partial charge is 0.328 e. The fraction of sp³-hybridized carbons (Fsp3) is 0.222. The van der Waals surface area contributed by atoms with E-state index in [0.717, 1.165) is 15.8 Å². The summed E-state index contributed by atoms with van der Waals surface area (Å²) in [7, 11) is 0. The highest BCUT2D eigenvalue weighted by Crippen LogP contribution is 2.26. The lowest BCUT2D eigenvalue weighted by Crippen LogP contribution is -2.33. The van der Waals surface area contributed by atoms with Crippen LogP contribution in [-0.2, 0) is 16.0 Å². The summed E-state index contributed by atoms with van der Waals surface area (Å²) in [5.74, 6) is -0.647. The Morgan fingerprint density at radius 2 is 2.00 bits per heavy atom. The quantitative estimate of drug-likeness (QED) is 0.686. The van der Waals surface area contributed by atoms with Crippen LogP contribution in [0.15, 0.2) is 48.5 Å². The maximum atomic E-state index is 13.1. The van der Waals surface area contributed by atoms with Crippen LogP contribution < -0.4 is 5.32 Å². The molecule has 0 aliphatic heterocycles. The minimum absolute atomic E-state index is 0.300. The second-order valence-corrected chi connectivity index (χ2v) is 6.30. The summed E-state index contributed by atoms with van der Waals surface area (Å²) in [5, 5.41) is 3.82. The molecule has 3 aromatic rings. The number of thiazole rings is 1. The summed E-state index contributed by atoms with van der Waals surface area (Å²) < 4.78 is 19.2. The Kier molecular flexibility index (Phi) is 5.05. The van der Waals surface area contributed by atoms with Crippen LogP contribution in [0.25, 0.3) is 10.2 Å². The van der Waals surface area contributed by atoms with E-state index in [1.807, 2.05) is 24.3 Å². The fourth-order valence-electron chi connectivity index (χ4n) is 2.38. The summed E-state index contributed by atoms with van der Waals surface area (Å²) in [6.45, 7) is 2.07. The first kappa shape index (κ1) is 16.4. The summed E-state index contributed by atoms with van der Waals surface area (Å²) in [5.41, 5.74) is 1.73. The van der Waals surface area contributed by atoms with Crippen molar-refractivity contribution in [2.45, 2.75) is 19.4 Å². The van der Waals surface area contributed by atoms with Gasteiger partial charge in [0.2, 0.25) is 0 Å². The van der Waals surface area contributed by atoms with Gasteiger partial charge in [-0.1, -0.05) is 35.6 Å². The molecule has 1 N–H and O–H groups in total. The minimum atomic E-state index is -0.573. The summed E-state index contributed by atoms with van der Waals surface area (Å²) in [6, 6.07) is 13.3. The summed E-state index contributed by atoms with van der Waals surface area (Å²) in [4.78, 5) is 16.7. The van der Waals surface area contributed by atoms with Gasteiger partial charge < -0.3 is 10.1 Å². The molecule has 1 atom stereocenters. The molecule has 0 unspecified atom stereocenters. The van der Waals surface area contributed by atoms with Gasteiger partial charge >= 0.3 is 5.97 Å². The molecule has 2 aromatic carbocycles. The molecule has 0 amide bonds. The van der Waals surface area contributed by atoms with E-state index in [1.165, 1.54) is 23.5 Å². The van der Waals surface area contributed by atoms with Crippen LogP contribution in [0.1, 0.15) is 12.5 Å². The molecule has 0 fully saturated rings. The normalized spacial score (nSPS) is 12.1. The van der Waals surface area contributed by atoms with E-state index in [2.05, 4.69) is 10.3 Å². The van der Waals surface area contributed by atoms with Gasteiger partial charge in [-0.15, -0.1) is 0 Å². The standard InChI is InChI=1S/C18H17FN2O2S/c1-2-23-17(22)15(11-12-7-9-13(19)10-8-12)21-18-20-14-5-3-4-6-16(14)24-18/h3-10,15H,2,11H2,1H3,(H,20,21)/t15-/m0/s1. The van der Waals surface area contributed by atoms with Gasteiger partial charge in [-0.05, 0) is 36.8 Å². The highest BCUT2D eigenvalue weighted by molar-refractivity contribution is 7.22.